The third-order valence-corrected chi connectivity index (χ3v) is 7.89. The number of carbonyl (C=O) groups excluding carboxylic acids is 1. The Morgan fingerprint density at radius 3 is 2.00 bits per heavy atom. The highest BCUT2D eigenvalue weighted by Gasteiger charge is 2.31. The summed E-state index contributed by atoms with van der Waals surface area (Å²) in [6.07, 6.45) is -0.904. The molecule has 8 heteroatoms. The Morgan fingerprint density at radius 1 is 0.892 bits per heavy atom. The van der Waals surface area contributed by atoms with Crippen molar-refractivity contribution in [3.8, 4) is 0 Å². The van der Waals surface area contributed by atoms with Crippen LogP contribution in [0.3, 0.4) is 0 Å². The van der Waals surface area contributed by atoms with Crippen molar-refractivity contribution in [2.45, 2.75) is 50.3 Å². The summed E-state index contributed by atoms with van der Waals surface area (Å²) in [6.45, 7) is 4.21. The van der Waals surface area contributed by atoms with Crippen LogP contribution in [0.25, 0.3) is 0 Å². The molecule has 198 valence electrons. The Hall–Kier alpha value is -3.20. The summed E-state index contributed by atoms with van der Waals surface area (Å²) in [5.41, 5.74) is 1.74. The number of alkyl carbamates (subject to hydrolysis) is 1. The Kier molecular flexibility index (Phi) is 10.7. The van der Waals surface area contributed by atoms with Gasteiger partial charge in [-0.2, -0.15) is 4.31 Å². The monoisotopic (exact) mass is 524 g/mol. The molecular weight excluding hydrogens is 488 g/mol. The first-order valence-electron chi connectivity index (χ1n) is 12.5. The highest BCUT2D eigenvalue weighted by molar-refractivity contribution is 7.89. The van der Waals surface area contributed by atoms with Gasteiger partial charge in [0.1, 0.15) is 6.61 Å². The van der Waals surface area contributed by atoms with Crippen LogP contribution in [0.5, 0.6) is 0 Å². The number of sulfonamides is 1. The van der Waals surface area contributed by atoms with Crippen LogP contribution < -0.4 is 5.32 Å². The molecule has 3 rings (SSSR count). The van der Waals surface area contributed by atoms with Gasteiger partial charge in [-0.05, 0) is 42.0 Å². The van der Waals surface area contributed by atoms with E-state index in [1.165, 1.54) is 4.31 Å². The second-order valence-corrected chi connectivity index (χ2v) is 11.4. The number of rotatable bonds is 13. The number of aliphatic hydroxyl groups is 1. The molecule has 1 unspecified atom stereocenters. The Balaban J connectivity index is 1.78. The lowest BCUT2D eigenvalue weighted by atomic mass is 10.0. The fourth-order valence-electron chi connectivity index (χ4n) is 3.86. The third-order valence-electron chi connectivity index (χ3n) is 6.01. The molecule has 0 aliphatic heterocycles. The molecule has 0 saturated carbocycles. The fourth-order valence-corrected chi connectivity index (χ4v) is 5.35. The van der Waals surface area contributed by atoms with Crippen LogP contribution in [0, 0.1) is 5.92 Å². The highest BCUT2D eigenvalue weighted by Crippen LogP contribution is 2.19. The first-order chi connectivity index (χ1) is 17.8. The van der Waals surface area contributed by atoms with Gasteiger partial charge in [-0.1, -0.05) is 92.7 Å². The fraction of sp³-hybridized carbons (Fsp3) is 0.345. The normalized spacial score (nSPS) is 13.3. The number of ether oxygens (including phenoxy) is 1. The van der Waals surface area contributed by atoms with E-state index in [1.807, 2.05) is 74.5 Å². The predicted octanol–water partition coefficient (Wildman–Crippen LogP) is 4.62. The van der Waals surface area contributed by atoms with Crippen LogP contribution in [0.1, 0.15) is 31.4 Å². The lowest BCUT2D eigenvalue weighted by molar-refractivity contribution is 0.0883. The van der Waals surface area contributed by atoms with Gasteiger partial charge in [0.25, 0.3) is 0 Å². The Labute approximate surface area is 220 Å². The molecule has 0 bridgehead atoms. The van der Waals surface area contributed by atoms with E-state index >= 15 is 0 Å². The summed E-state index contributed by atoms with van der Waals surface area (Å²) in [7, 11) is -3.84. The van der Waals surface area contributed by atoms with Crippen molar-refractivity contribution < 1.29 is 23.1 Å². The van der Waals surface area contributed by atoms with Gasteiger partial charge >= 0.3 is 6.09 Å². The Bertz CT molecular complexity index is 1190. The van der Waals surface area contributed by atoms with E-state index in [9.17, 15) is 18.3 Å². The van der Waals surface area contributed by atoms with Gasteiger partial charge in [0.05, 0.1) is 17.0 Å². The maximum Gasteiger partial charge on any atom is 0.407 e. The SMILES string of the molecule is CC(C)CCN(C[C@@H](O)C(Cc1ccccc1)NC(=O)OCc1ccccc1)S(=O)(=O)c1ccccc1. The lowest BCUT2D eigenvalue weighted by Crippen LogP contribution is -2.50. The molecule has 0 aliphatic carbocycles. The van der Waals surface area contributed by atoms with E-state index in [0.717, 1.165) is 11.1 Å². The smallest absolute Gasteiger partial charge is 0.407 e. The topological polar surface area (TPSA) is 95.9 Å². The standard InChI is InChI=1S/C29H36N2O5S/c1-23(2)18-19-31(37(34,35)26-16-10-5-11-17-26)21-28(32)27(20-24-12-6-3-7-13-24)30-29(33)36-22-25-14-8-4-9-15-25/h3-17,23,27-28,32H,18-22H2,1-2H3,(H,30,33)/t27?,28-/m1/s1. The predicted molar refractivity (Wildman–Crippen MR) is 144 cm³/mol. The van der Waals surface area contributed by atoms with Crippen LogP contribution in [0.4, 0.5) is 4.79 Å². The molecule has 3 aromatic carbocycles. The molecule has 3 aromatic rings. The number of nitrogens with one attached hydrogen (secondary N) is 1. The maximum atomic E-state index is 13.4. The van der Waals surface area contributed by atoms with Crippen LogP contribution in [-0.2, 0) is 27.8 Å². The summed E-state index contributed by atoms with van der Waals surface area (Å²) in [6, 6.07) is 26.2. The van der Waals surface area contributed by atoms with Gasteiger partial charge in [0.2, 0.25) is 10.0 Å². The summed E-state index contributed by atoms with van der Waals surface area (Å²) in [5.74, 6) is 0.275. The van der Waals surface area contributed by atoms with E-state index in [-0.39, 0.29) is 30.5 Å². The van der Waals surface area contributed by atoms with Crippen LogP contribution in [-0.4, -0.2) is 49.2 Å². The van der Waals surface area contributed by atoms with E-state index < -0.39 is 28.3 Å². The molecule has 0 spiro atoms. The van der Waals surface area contributed by atoms with Crippen LogP contribution in [0.2, 0.25) is 0 Å². The number of hydrogen-bond donors (Lipinski definition) is 2. The van der Waals surface area contributed by atoms with Crippen LogP contribution in [0.15, 0.2) is 95.9 Å². The first-order valence-corrected chi connectivity index (χ1v) is 13.9. The molecule has 37 heavy (non-hydrogen) atoms. The molecular formula is C29H36N2O5S. The zero-order valence-corrected chi connectivity index (χ0v) is 22.2. The molecule has 0 fully saturated rings. The number of aliphatic hydroxyl groups excluding tert-OH is 1. The van der Waals surface area contributed by atoms with Crippen molar-refractivity contribution >= 4 is 16.1 Å². The second kappa shape index (κ2) is 13.9. The molecule has 0 aliphatic rings. The third kappa shape index (κ3) is 9.00. The molecule has 0 heterocycles. The molecule has 2 N–H and O–H groups in total. The first kappa shape index (κ1) is 28.4. The Morgan fingerprint density at radius 2 is 1.43 bits per heavy atom. The minimum absolute atomic E-state index is 0.0870. The average molecular weight is 525 g/mol. The summed E-state index contributed by atoms with van der Waals surface area (Å²) < 4.78 is 33.6. The van der Waals surface area contributed by atoms with E-state index in [4.69, 9.17) is 4.74 Å². The van der Waals surface area contributed by atoms with E-state index in [0.29, 0.717) is 12.8 Å². The van der Waals surface area contributed by atoms with Gasteiger partial charge in [0.15, 0.2) is 0 Å². The van der Waals surface area contributed by atoms with Gasteiger partial charge in [0, 0.05) is 13.1 Å². The largest absolute Gasteiger partial charge is 0.445 e. The minimum atomic E-state index is -3.84. The summed E-state index contributed by atoms with van der Waals surface area (Å²) in [5, 5.41) is 14.0. The van der Waals surface area contributed by atoms with Gasteiger partial charge in [-0.3, -0.25) is 0 Å². The average Bonchev–Trinajstić information content (AvgIpc) is 2.91. The quantitative estimate of drug-likeness (QED) is 0.340. The highest BCUT2D eigenvalue weighted by atomic mass is 32.2. The second-order valence-electron chi connectivity index (χ2n) is 9.43. The van der Waals surface area contributed by atoms with Crippen molar-refractivity contribution in [2.75, 3.05) is 13.1 Å². The van der Waals surface area contributed by atoms with Crippen molar-refractivity contribution in [2.24, 2.45) is 5.92 Å². The minimum Gasteiger partial charge on any atom is -0.445 e. The zero-order valence-electron chi connectivity index (χ0n) is 21.4. The number of hydrogen-bond acceptors (Lipinski definition) is 5. The molecule has 2 atom stereocenters. The summed E-state index contributed by atoms with van der Waals surface area (Å²) in [4.78, 5) is 12.8. The number of nitrogens with zero attached hydrogens (tertiary/aromatic N) is 1. The number of amides is 1. The molecule has 1 amide bonds. The van der Waals surface area contributed by atoms with Gasteiger partial charge in [-0.15, -0.1) is 0 Å². The summed E-state index contributed by atoms with van der Waals surface area (Å²) >= 11 is 0. The van der Waals surface area contributed by atoms with Gasteiger partial charge < -0.3 is 15.2 Å². The van der Waals surface area contributed by atoms with Crippen molar-refractivity contribution in [3.05, 3.63) is 102 Å². The molecule has 0 aromatic heterocycles. The van der Waals surface area contributed by atoms with Crippen molar-refractivity contribution in [1.29, 1.82) is 0 Å². The molecule has 0 saturated heterocycles. The maximum absolute atomic E-state index is 13.4. The number of benzene rings is 3. The molecule has 0 radical (unpaired) electrons. The number of carbonyl (C=O) groups is 1. The molecule has 7 nitrogen and oxygen atoms in total. The van der Waals surface area contributed by atoms with E-state index in [2.05, 4.69) is 5.32 Å². The van der Waals surface area contributed by atoms with Gasteiger partial charge in [-0.25, -0.2) is 13.2 Å². The van der Waals surface area contributed by atoms with Crippen molar-refractivity contribution in [1.82, 2.24) is 9.62 Å². The van der Waals surface area contributed by atoms with Crippen molar-refractivity contribution in [3.63, 3.8) is 0 Å². The van der Waals surface area contributed by atoms with Crippen LogP contribution >= 0.6 is 0 Å². The lowest BCUT2D eigenvalue weighted by Gasteiger charge is -2.30. The zero-order chi connectivity index (χ0) is 26.7. The van der Waals surface area contributed by atoms with E-state index in [1.54, 1.807) is 30.3 Å².